The first-order valence-electron chi connectivity index (χ1n) is 23.4. The molecule has 2 saturated heterocycles. The van der Waals surface area contributed by atoms with E-state index in [1.165, 1.54) is 109 Å². The summed E-state index contributed by atoms with van der Waals surface area (Å²) in [5.74, 6) is -0.241. The summed E-state index contributed by atoms with van der Waals surface area (Å²) in [6, 6.07) is -0.905. The Labute approximate surface area is 355 Å². The highest BCUT2D eigenvalue weighted by Crippen LogP contribution is 2.30. The third-order valence-corrected chi connectivity index (χ3v) is 11.7. The predicted octanol–water partition coefficient (Wildman–Crippen LogP) is 4.82. The van der Waals surface area contributed by atoms with Gasteiger partial charge in [0.1, 0.15) is 48.8 Å². The third kappa shape index (κ3) is 21.6. The van der Waals surface area contributed by atoms with Crippen molar-refractivity contribution in [3.05, 3.63) is 12.2 Å². The molecule has 12 atom stereocenters. The Balaban J connectivity index is 1.85. The van der Waals surface area contributed by atoms with Gasteiger partial charge in [0.15, 0.2) is 12.6 Å². The second-order valence-corrected chi connectivity index (χ2v) is 16.9. The predicted molar refractivity (Wildman–Crippen MR) is 226 cm³/mol. The fourth-order valence-electron chi connectivity index (χ4n) is 7.82. The molecule has 0 aromatic rings. The van der Waals surface area contributed by atoms with E-state index in [0.29, 0.717) is 6.42 Å². The number of allylic oxidation sites excluding steroid dienone is 1. The van der Waals surface area contributed by atoms with Gasteiger partial charge in [-0.2, -0.15) is 0 Å². The Kier molecular flexibility index (Phi) is 30.4. The highest BCUT2D eigenvalue weighted by atomic mass is 16.7. The molecule has 14 nitrogen and oxygen atoms in total. The van der Waals surface area contributed by atoms with Crippen LogP contribution in [0.25, 0.3) is 0 Å². The van der Waals surface area contributed by atoms with Crippen LogP contribution in [0.15, 0.2) is 12.2 Å². The van der Waals surface area contributed by atoms with Crippen LogP contribution in [-0.4, -0.2) is 140 Å². The van der Waals surface area contributed by atoms with Gasteiger partial charge in [-0.1, -0.05) is 161 Å². The van der Waals surface area contributed by atoms with Crippen LogP contribution in [-0.2, 0) is 23.7 Å². The maximum absolute atomic E-state index is 13.1. The van der Waals surface area contributed by atoms with Crippen molar-refractivity contribution in [1.82, 2.24) is 5.32 Å². The van der Waals surface area contributed by atoms with Crippen LogP contribution in [0.5, 0.6) is 0 Å². The first-order chi connectivity index (χ1) is 28.6. The molecule has 2 aliphatic heterocycles. The molecule has 2 rings (SSSR count). The van der Waals surface area contributed by atoms with Crippen molar-refractivity contribution < 1.29 is 64.6 Å². The van der Waals surface area contributed by atoms with E-state index >= 15 is 0 Å². The average Bonchev–Trinajstić information content (AvgIpc) is 3.23. The number of aliphatic hydroxyl groups excluding tert-OH is 8. The summed E-state index contributed by atoms with van der Waals surface area (Å²) in [7, 11) is 0. The number of carbonyl (C=O) groups excluding carboxylic acids is 1. The molecule has 0 aliphatic carbocycles. The summed E-state index contributed by atoms with van der Waals surface area (Å²) >= 11 is 0. The van der Waals surface area contributed by atoms with Crippen LogP contribution in [0.3, 0.4) is 0 Å². The highest BCUT2D eigenvalue weighted by molar-refractivity contribution is 5.76. The zero-order valence-corrected chi connectivity index (χ0v) is 36.5. The Morgan fingerprint density at radius 1 is 0.593 bits per heavy atom. The van der Waals surface area contributed by atoms with Crippen molar-refractivity contribution in [2.75, 3.05) is 19.8 Å². The van der Waals surface area contributed by atoms with Gasteiger partial charge in [-0.3, -0.25) is 4.79 Å². The Hall–Kier alpha value is -1.27. The number of hydrogen-bond acceptors (Lipinski definition) is 13. The number of aliphatic hydroxyl groups is 8. The van der Waals surface area contributed by atoms with E-state index in [-0.39, 0.29) is 18.9 Å². The van der Waals surface area contributed by atoms with Gasteiger partial charge in [0.25, 0.3) is 0 Å². The van der Waals surface area contributed by atoms with Crippen LogP contribution in [0.1, 0.15) is 174 Å². The lowest BCUT2D eigenvalue weighted by atomic mass is 9.97. The first kappa shape index (κ1) is 53.9. The SMILES string of the molecule is CCCCCCCCC/C=C/[C@@H](O)[C@H](CO[C@@H]1O[C@H](CO)[C@@H](O[C@@H]2O[C@H](CO)[C@H](O)C(O)C2O)C(O)C1O)NC(=O)CCCCCCCCCCCCCCCCCC. The molecule has 2 fully saturated rings. The lowest BCUT2D eigenvalue weighted by Gasteiger charge is -2.46. The minimum Gasteiger partial charge on any atom is -0.394 e. The van der Waals surface area contributed by atoms with E-state index in [0.717, 1.165) is 38.5 Å². The molecule has 0 spiro atoms. The Morgan fingerprint density at radius 2 is 1.05 bits per heavy atom. The summed E-state index contributed by atoms with van der Waals surface area (Å²) in [4.78, 5) is 13.1. The minimum absolute atomic E-state index is 0.241. The molecule has 2 heterocycles. The van der Waals surface area contributed by atoms with Crippen LogP contribution in [0.2, 0.25) is 0 Å². The second-order valence-electron chi connectivity index (χ2n) is 16.9. The molecule has 0 bridgehead atoms. The van der Waals surface area contributed by atoms with E-state index in [4.69, 9.17) is 18.9 Å². The molecular formula is C45H85NO13. The summed E-state index contributed by atoms with van der Waals surface area (Å²) in [6.45, 7) is 2.74. The maximum Gasteiger partial charge on any atom is 0.220 e. The van der Waals surface area contributed by atoms with Crippen LogP contribution in [0, 0.1) is 0 Å². The zero-order chi connectivity index (χ0) is 43.3. The number of unbranched alkanes of at least 4 members (excludes halogenated alkanes) is 22. The van der Waals surface area contributed by atoms with Gasteiger partial charge < -0.3 is 65.1 Å². The van der Waals surface area contributed by atoms with Gasteiger partial charge in [0, 0.05) is 6.42 Å². The third-order valence-electron chi connectivity index (χ3n) is 11.7. The minimum atomic E-state index is -1.78. The van der Waals surface area contributed by atoms with Crippen molar-refractivity contribution in [2.24, 2.45) is 0 Å². The topological polar surface area (TPSA) is 228 Å². The van der Waals surface area contributed by atoms with Crippen LogP contribution < -0.4 is 5.32 Å². The van der Waals surface area contributed by atoms with Gasteiger partial charge >= 0.3 is 0 Å². The normalized spacial score (nSPS) is 28.6. The van der Waals surface area contributed by atoms with Crippen molar-refractivity contribution in [3.63, 3.8) is 0 Å². The van der Waals surface area contributed by atoms with E-state index < -0.39 is 86.8 Å². The average molecular weight is 848 g/mol. The van der Waals surface area contributed by atoms with E-state index in [1.54, 1.807) is 6.08 Å². The smallest absolute Gasteiger partial charge is 0.220 e. The van der Waals surface area contributed by atoms with Crippen LogP contribution >= 0.6 is 0 Å². The Bertz CT molecular complexity index is 1050. The Morgan fingerprint density at radius 3 is 1.56 bits per heavy atom. The number of amides is 1. The van der Waals surface area contributed by atoms with E-state index in [1.807, 2.05) is 6.08 Å². The zero-order valence-electron chi connectivity index (χ0n) is 36.5. The molecule has 59 heavy (non-hydrogen) atoms. The number of hydrogen-bond donors (Lipinski definition) is 9. The van der Waals surface area contributed by atoms with Gasteiger partial charge in [-0.25, -0.2) is 0 Å². The van der Waals surface area contributed by atoms with E-state index in [2.05, 4.69) is 19.2 Å². The fraction of sp³-hybridized carbons (Fsp3) is 0.933. The second kappa shape index (κ2) is 33.3. The molecule has 0 radical (unpaired) electrons. The highest BCUT2D eigenvalue weighted by Gasteiger charge is 2.50. The van der Waals surface area contributed by atoms with Crippen molar-refractivity contribution in [2.45, 2.75) is 248 Å². The quantitative estimate of drug-likeness (QED) is 0.0308. The molecule has 0 saturated carbocycles. The van der Waals surface area contributed by atoms with Gasteiger partial charge in [-0.15, -0.1) is 0 Å². The lowest BCUT2D eigenvalue weighted by molar-refractivity contribution is -0.359. The van der Waals surface area contributed by atoms with Gasteiger partial charge in [0.05, 0.1) is 32.0 Å². The lowest BCUT2D eigenvalue weighted by Crippen LogP contribution is -2.65. The van der Waals surface area contributed by atoms with Gasteiger partial charge in [-0.05, 0) is 19.3 Å². The largest absolute Gasteiger partial charge is 0.394 e. The monoisotopic (exact) mass is 848 g/mol. The number of carbonyl (C=O) groups is 1. The van der Waals surface area contributed by atoms with Crippen molar-refractivity contribution in [1.29, 1.82) is 0 Å². The standard InChI is InChI=1S/C45H85NO13/c1-3-5-7-9-11-13-14-15-16-17-18-19-21-23-25-27-29-37(50)46-33(34(49)28-26-24-22-20-12-10-8-6-4-2)32-56-44-42(55)40(53)43(36(31-48)58-44)59-45-41(54)39(52)38(51)35(30-47)57-45/h26,28,33-36,38-45,47-49,51-55H,3-25,27,29-32H2,1-2H3,(H,46,50)/b28-26+/t33-,34+,35+,36+,38-,39?,40?,41?,42?,43+,44+,45-/m0/s1. The maximum atomic E-state index is 13.1. The molecule has 4 unspecified atom stereocenters. The molecular weight excluding hydrogens is 762 g/mol. The summed E-state index contributed by atoms with van der Waals surface area (Å²) in [6.07, 6.45) is 15.5. The molecule has 0 aromatic carbocycles. The number of ether oxygens (including phenoxy) is 4. The molecule has 2 aliphatic rings. The van der Waals surface area contributed by atoms with Crippen molar-refractivity contribution in [3.8, 4) is 0 Å². The summed E-state index contributed by atoms with van der Waals surface area (Å²) in [5.41, 5.74) is 0. The molecule has 1 amide bonds. The summed E-state index contributed by atoms with van der Waals surface area (Å²) in [5, 5.41) is 86.3. The van der Waals surface area contributed by atoms with Gasteiger partial charge in [0.2, 0.25) is 5.91 Å². The van der Waals surface area contributed by atoms with Crippen molar-refractivity contribution >= 4 is 5.91 Å². The van der Waals surface area contributed by atoms with Crippen LogP contribution in [0.4, 0.5) is 0 Å². The molecule has 348 valence electrons. The molecule has 14 heteroatoms. The fourth-order valence-corrected chi connectivity index (χ4v) is 7.82. The van der Waals surface area contributed by atoms with E-state index in [9.17, 15) is 45.6 Å². The number of nitrogens with one attached hydrogen (secondary N) is 1. The summed E-state index contributed by atoms with van der Waals surface area (Å²) < 4.78 is 22.6. The molecule has 0 aromatic heterocycles. The first-order valence-corrected chi connectivity index (χ1v) is 23.4. The number of rotatable bonds is 35. The molecule has 9 N–H and O–H groups in total.